The van der Waals surface area contributed by atoms with E-state index in [0.717, 1.165) is 0 Å². The molecule has 0 N–H and O–H groups in total. The van der Waals surface area contributed by atoms with Gasteiger partial charge in [-0.05, 0) is 13.3 Å². The second kappa shape index (κ2) is 3.75. The van der Waals surface area contributed by atoms with Crippen molar-refractivity contribution in [1.82, 2.24) is 0 Å². The second-order valence-corrected chi connectivity index (χ2v) is 2.62. The van der Waals surface area contributed by atoms with Crippen LogP contribution in [0.15, 0.2) is 0 Å². The van der Waals surface area contributed by atoms with E-state index in [1.54, 1.807) is 0 Å². The zero-order chi connectivity index (χ0) is 10.9. The number of hydrogen-bond donors (Lipinski definition) is 0. The fourth-order valence-electron chi connectivity index (χ4n) is 0.655. The Hall–Kier alpha value is -0.420. The first-order valence-electron chi connectivity index (χ1n) is 3.51. The minimum Gasteiger partial charge on any atom is -0.241 e. The summed E-state index contributed by atoms with van der Waals surface area (Å²) in [6, 6.07) is 0. The molecular weight excluding hydrogens is 198 g/mol. The molecule has 1 radical (unpaired) electrons. The molecule has 0 aromatic heterocycles. The van der Waals surface area contributed by atoms with Gasteiger partial charge in [-0.15, -0.1) is 0 Å². The van der Waals surface area contributed by atoms with Gasteiger partial charge in [-0.2, -0.15) is 17.6 Å². The maximum absolute atomic E-state index is 12.4. The standard InChI is InChI=1S/C7H9F6/c1-3-5(9)7(12,13)6(10,11)4(2)8/h4-5H,1,3H2,2H3/t4?,5-/m0/s1. The molecule has 0 spiro atoms. The van der Waals surface area contributed by atoms with Crippen molar-refractivity contribution in [2.75, 3.05) is 0 Å². The summed E-state index contributed by atoms with van der Waals surface area (Å²) in [6.45, 7) is 2.97. The first kappa shape index (κ1) is 12.6. The molecule has 0 amide bonds. The summed E-state index contributed by atoms with van der Waals surface area (Å²) in [5.74, 6) is -10.0. The predicted octanol–water partition coefficient (Wildman–Crippen LogP) is 3.18. The van der Waals surface area contributed by atoms with Gasteiger partial charge < -0.3 is 0 Å². The summed E-state index contributed by atoms with van der Waals surface area (Å²) >= 11 is 0. The van der Waals surface area contributed by atoms with Gasteiger partial charge in [0.15, 0.2) is 12.3 Å². The molecular formula is C7H9F6. The SMILES string of the molecule is [CH2]C[C@H](F)C(F)(F)C(F)(F)C(C)F. The van der Waals surface area contributed by atoms with Crippen LogP contribution in [0.4, 0.5) is 26.3 Å². The molecule has 0 aliphatic carbocycles. The third kappa shape index (κ3) is 2.08. The molecule has 0 nitrogen and oxygen atoms in total. The van der Waals surface area contributed by atoms with Gasteiger partial charge in [0.1, 0.15) is 0 Å². The molecule has 6 heteroatoms. The summed E-state index contributed by atoms with van der Waals surface area (Å²) in [4.78, 5) is 0. The third-order valence-corrected chi connectivity index (χ3v) is 1.59. The Morgan fingerprint density at radius 3 is 1.69 bits per heavy atom. The minimum atomic E-state index is -5.01. The highest BCUT2D eigenvalue weighted by molar-refractivity contribution is 4.94. The Kier molecular flexibility index (Phi) is 3.63. The van der Waals surface area contributed by atoms with Crippen LogP contribution in [0.5, 0.6) is 0 Å². The van der Waals surface area contributed by atoms with Crippen LogP contribution in [0.2, 0.25) is 0 Å². The van der Waals surface area contributed by atoms with Gasteiger partial charge in [-0.3, -0.25) is 0 Å². The number of rotatable bonds is 4. The Morgan fingerprint density at radius 1 is 1.08 bits per heavy atom. The molecule has 1 unspecified atom stereocenters. The average molecular weight is 207 g/mol. The first-order chi connectivity index (χ1) is 5.67. The van der Waals surface area contributed by atoms with Crippen LogP contribution in [0.25, 0.3) is 0 Å². The van der Waals surface area contributed by atoms with Crippen LogP contribution < -0.4 is 0 Å². The van der Waals surface area contributed by atoms with Crippen LogP contribution in [-0.2, 0) is 0 Å². The normalized spacial score (nSPS) is 18.5. The minimum absolute atomic E-state index is 0.254. The van der Waals surface area contributed by atoms with Crippen molar-refractivity contribution in [2.45, 2.75) is 37.5 Å². The van der Waals surface area contributed by atoms with Crippen molar-refractivity contribution in [2.24, 2.45) is 0 Å². The van der Waals surface area contributed by atoms with Crippen LogP contribution in [0, 0.1) is 6.92 Å². The van der Waals surface area contributed by atoms with Crippen molar-refractivity contribution >= 4 is 0 Å². The van der Waals surface area contributed by atoms with Gasteiger partial charge in [0.05, 0.1) is 0 Å². The fraction of sp³-hybridized carbons (Fsp3) is 0.857. The average Bonchev–Trinajstić information content (AvgIpc) is 2.02. The summed E-state index contributed by atoms with van der Waals surface area (Å²) in [6.07, 6.45) is -7.28. The Balaban J connectivity index is 4.80. The fourth-order valence-corrected chi connectivity index (χ4v) is 0.655. The number of hydrogen-bond acceptors (Lipinski definition) is 0. The molecule has 0 saturated carbocycles. The van der Waals surface area contributed by atoms with Crippen molar-refractivity contribution in [3.63, 3.8) is 0 Å². The molecule has 2 atom stereocenters. The smallest absolute Gasteiger partial charge is 0.241 e. The van der Waals surface area contributed by atoms with Crippen LogP contribution in [0.1, 0.15) is 13.3 Å². The van der Waals surface area contributed by atoms with E-state index < -0.39 is 30.6 Å². The lowest BCUT2D eigenvalue weighted by molar-refractivity contribution is -0.260. The van der Waals surface area contributed by atoms with Gasteiger partial charge in [-0.1, -0.05) is 6.92 Å². The molecule has 13 heavy (non-hydrogen) atoms. The molecule has 0 saturated heterocycles. The Labute approximate surface area is 71.9 Å². The lowest BCUT2D eigenvalue weighted by Crippen LogP contribution is -2.52. The zero-order valence-electron chi connectivity index (χ0n) is 6.84. The summed E-state index contributed by atoms with van der Waals surface area (Å²) in [5.41, 5.74) is 0. The highest BCUT2D eigenvalue weighted by Gasteiger charge is 2.64. The Morgan fingerprint density at radius 2 is 1.46 bits per heavy atom. The zero-order valence-corrected chi connectivity index (χ0v) is 6.84. The third-order valence-electron chi connectivity index (χ3n) is 1.59. The molecule has 0 aliphatic heterocycles. The van der Waals surface area contributed by atoms with Gasteiger partial charge in [0.25, 0.3) is 0 Å². The first-order valence-corrected chi connectivity index (χ1v) is 3.51. The highest BCUT2D eigenvalue weighted by atomic mass is 19.3. The largest absolute Gasteiger partial charge is 0.343 e. The monoisotopic (exact) mass is 207 g/mol. The quantitative estimate of drug-likeness (QED) is 0.621. The molecule has 0 aromatic carbocycles. The highest BCUT2D eigenvalue weighted by Crippen LogP contribution is 2.42. The lowest BCUT2D eigenvalue weighted by Gasteiger charge is -2.29. The van der Waals surface area contributed by atoms with Gasteiger partial charge in [0.2, 0.25) is 0 Å². The molecule has 79 valence electrons. The second-order valence-electron chi connectivity index (χ2n) is 2.62. The van der Waals surface area contributed by atoms with Gasteiger partial charge in [0, 0.05) is 0 Å². The molecule has 0 bridgehead atoms. The van der Waals surface area contributed by atoms with Crippen LogP contribution >= 0.6 is 0 Å². The topological polar surface area (TPSA) is 0 Å². The Bertz CT molecular complexity index is 164. The molecule has 0 heterocycles. The van der Waals surface area contributed by atoms with Crippen LogP contribution in [0.3, 0.4) is 0 Å². The van der Waals surface area contributed by atoms with E-state index in [4.69, 9.17) is 0 Å². The summed E-state index contributed by atoms with van der Waals surface area (Å²) in [7, 11) is 0. The number of halogens is 6. The lowest BCUT2D eigenvalue weighted by atomic mass is 10.0. The van der Waals surface area contributed by atoms with Gasteiger partial charge in [-0.25, -0.2) is 8.78 Å². The summed E-state index contributed by atoms with van der Waals surface area (Å²) in [5, 5.41) is 0. The predicted molar refractivity (Wildman–Crippen MR) is 35.3 cm³/mol. The van der Waals surface area contributed by atoms with Gasteiger partial charge >= 0.3 is 11.8 Å². The van der Waals surface area contributed by atoms with E-state index in [1.165, 1.54) is 0 Å². The van der Waals surface area contributed by atoms with Crippen LogP contribution in [-0.4, -0.2) is 24.2 Å². The van der Waals surface area contributed by atoms with Crippen molar-refractivity contribution in [3.8, 4) is 0 Å². The maximum Gasteiger partial charge on any atom is 0.343 e. The molecule has 0 rings (SSSR count). The molecule has 0 fully saturated rings. The number of alkyl halides is 6. The van der Waals surface area contributed by atoms with Crippen molar-refractivity contribution in [3.05, 3.63) is 6.92 Å². The maximum atomic E-state index is 12.4. The summed E-state index contributed by atoms with van der Waals surface area (Å²) < 4.78 is 74.0. The van der Waals surface area contributed by atoms with E-state index in [2.05, 4.69) is 6.92 Å². The van der Waals surface area contributed by atoms with E-state index in [0.29, 0.717) is 0 Å². The van der Waals surface area contributed by atoms with E-state index in [9.17, 15) is 26.3 Å². The van der Waals surface area contributed by atoms with E-state index in [-0.39, 0.29) is 6.92 Å². The van der Waals surface area contributed by atoms with Crippen molar-refractivity contribution in [1.29, 1.82) is 0 Å². The molecule has 0 aliphatic rings. The van der Waals surface area contributed by atoms with Crippen molar-refractivity contribution < 1.29 is 26.3 Å². The van der Waals surface area contributed by atoms with E-state index in [1.807, 2.05) is 0 Å². The molecule has 0 aromatic rings. The van der Waals surface area contributed by atoms with E-state index >= 15 is 0 Å².